The molecule has 0 aliphatic carbocycles. The van der Waals surface area contributed by atoms with Crippen LogP contribution in [0.5, 0.6) is 0 Å². The predicted octanol–water partition coefficient (Wildman–Crippen LogP) is 2.82. The van der Waals surface area contributed by atoms with Gasteiger partial charge in [0.2, 0.25) is 0 Å². The highest BCUT2D eigenvalue weighted by Crippen LogP contribution is 2.22. The molecule has 3 nitrogen and oxygen atoms in total. The van der Waals surface area contributed by atoms with Gasteiger partial charge < -0.3 is 15.6 Å². The Morgan fingerprint density at radius 3 is 2.45 bits per heavy atom. The Balaban J connectivity index is 2.17. The van der Waals surface area contributed by atoms with Crippen molar-refractivity contribution < 1.29 is 9.90 Å². The molecule has 104 valence electrons. The second kappa shape index (κ2) is 6.46. The van der Waals surface area contributed by atoms with Gasteiger partial charge in [0.25, 0.3) is 0 Å². The van der Waals surface area contributed by atoms with Gasteiger partial charge in [-0.05, 0) is 41.7 Å². The van der Waals surface area contributed by atoms with E-state index in [1.807, 2.05) is 42.5 Å². The lowest BCUT2D eigenvalue weighted by molar-refractivity contribution is -0.116. The van der Waals surface area contributed by atoms with Crippen LogP contribution in [-0.2, 0) is 11.2 Å². The number of benzene rings is 2. The summed E-state index contributed by atoms with van der Waals surface area (Å²) in [6, 6.07) is 15.7. The van der Waals surface area contributed by atoms with Gasteiger partial charge in [0.05, 0.1) is 0 Å². The van der Waals surface area contributed by atoms with Crippen molar-refractivity contribution in [2.24, 2.45) is 5.73 Å². The second-order valence-corrected chi connectivity index (χ2v) is 4.97. The number of hydrogen-bond donors (Lipinski definition) is 2. The van der Waals surface area contributed by atoms with Gasteiger partial charge in [-0.25, -0.2) is 0 Å². The molecule has 0 spiro atoms. The molecule has 1 atom stereocenters. The molecule has 0 saturated carbocycles. The zero-order chi connectivity index (χ0) is 14.5. The highest BCUT2D eigenvalue weighted by Gasteiger charge is 2.04. The van der Waals surface area contributed by atoms with Crippen LogP contribution in [0.25, 0.3) is 11.1 Å². The van der Waals surface area contributed by atoms with E-state index in [-0.39, 0.29) is 5.78 Å². The lowest BCUT2D eigenvalue weighted by Crippen LogP contribution is -2.08. The molecule has 1 unspecified atom stereocenters. The van der Waals surface area contributed by atoms with Crippen LogP contribution in [0.3, 0.4) is 0 Å². The Hall–Kier alpha value is -1.97. The van der Waals surface area contributed by atoms with Gasteiger partial charge in [0, 0.05) is 6.42 Å². The number of hydrogen-bond acceptors (Lipinski definition) is 3. The summed E-state index contributed by atoms with van der Waals surface area (Å²) in [6.45, 7) is 1.61. The van der Waals surface area contributed by atoms with Crippen LogP contribution in [0.15, 0.2) is 48.5 Å². The normalized spacial score (nSPS) is 12.2. The molecule has 2 aromatic rings. The zero-order valence-corrected chi connectivity index (χ0v) is 11.5. The van der Waals surface area contributed by atoms with E-state index in [9.17, 15) is 9.90 Å². The highest BCUT2D eigenvalue weighted by molar-refractivity contribution is 5.75. The van der Waals surface area contributed by atoms with Crippen LogP contribution < -0.4 is 5.73 Å². The summed E-state index contributed by atoms with van der Waals surface area (Å²) in [5, 5.41) is 9.41. The number of carbonyl (C=O) groups excluding carboxylic acids is 1. The van der Waals surface area contributed by atoms with E-state index in [0.717, 1.165) is 23.1 Å². The number of ketones is 1. The summed E-state index contributed by atoms with van der Waals surface area (Å²) in [5.74, 6) is 0.207. The molecule has 3 N–H and O–H groups in total. The number of nitrogens with two attached hydrogens (primary N) is 1. The van der Waals surface area contributed by atoms with Gasteiger partial charge in [-0.2, -0.15) is 0 Å². The molecule has 0 radical (unpaired) electrons. The number of aliphatic hydroxyl groups is 1. The molecule has 3 heteroatoms. The van der Waals surface area contributed by atoms with Crippen molar-refractivity contribution in [3.05, 3.63) is 59.7 Å². The molecule has 0 fully saturated rings. The van der Waals surface area contributed by atoms with Gasteiger partial charge in [-0.15, -0.1) is 0 Å². The zero-order valence-electron chi connectivity index (χ0n) is 11.5. The van der Waals surface area contributed by atoms with Crippen LogP contribution in [-0.4, -0.2) is 10.9 Å². The molecule has 0 bridgehead atoms. The Morgan fingerprint density at radius 1 is 1.15 bits per heavy atom. The van der Waals surface area contributed by atoms with E-state index in [1.54, 1.807) is 13.0 Å². The van der Waals surface area contributed by atoms with Crippen LogP contribution in [0, 0.1) is 0 Å². The molecular formula is C17H19NO2. The minimum Gasteiger partial charge on any atom is -0.375 e. The average molecular weight is 269 g/mol. The summed E-state index contributed by atoms with van der Waals surface area (Å²) in [4.78, 5) is 11.0. The fourth-order valence-electron chi connectivity index (χ4n) is 2.09. The molecule has 2 rings (SSSR count). The first-order valence-corrected chi connectivity index (χ1v) is 6.68. The molecule has 2 aromatic carbocycles. The first-order valence-electron chi connectivity index (χ1n) is 6.68. The molecule has 20 heavy (non-hydrogen) atoms. The van der Waals surface area contributed by atoms with E-state index >= 15 is 0 Å². The maximum atomic E-state index is 11.0. The Kier molecular flexibility index (Phi) is 4.66. The lowest BCUT2D eigenvalue weighted by Gasteiger charge is -2.08. The van der Waals surface area contributed by atoms with E-state index in [0.29, 0.717) is 12.0 Å². The SMILES string of the molecule is CC(=O)CCc1ccc(-c2cccc(C(N)O)c2)cc1. The summed E-state index contributed by atoms with van der Waals surface area (Å²) >= 11 is 0. The summed E-state index contributed by atoms with van der Waals surface area (Å²) in [5.41, 5.74) is 9.41. The van der Waals surface area contributed by atoms with Crippen molar-refractivity contribution in [1.29, 1.82) is 0 Å². The standard InChI is InChI=1S/C17H19NO2/c1-12(19)5-6-13-7-9-14(10-8-13)15-3-2-4-16(11-15)17(18)20/h2-4,7-11,17,20H,5-6,18H2,1H3. The number of Topliss-reactive ketones (excluding diaryl/α,β-unsaturated/α-hetero) is 1. The Labute approximate surface area is 119 Å². The maximum absolute atomic E-state index is 11.0. The average Bonchev–Trinajstić information content (AvgIpc) is 2.46. The molecule has 0 aliphatic rings. The van der Waals surface area contributed by atoms with Gasteiger partial charge in [0.1, 0.15) is 12.0 Å². The van der Waals surface area contributed by atoms with Crippen LogP contribution >= 0.6 is 0 Å². The van der Waals surface area contributed by atoms with Crippen LogP contribution in [0.2, 0.25) is 0 Å². The van der Waals surface area contributed by atoms with Gasteiger partial charge >= 0.3 is 0 Å². The van der Waals surface area contributed by atoms with Gasteiger partial charge in [-0.1, -0.05) is 42.5 Å². The molecule has 0 heterocycles. The monoisotopic (exact) mass is 269 g/mol. The number of aliphatic hydroxyl groups excluding tert-OH is 1. The quantitative estimate of drug-likeness (QED) is 0.820. The van der Waals surface area contributed by atoms with E-state index < -0.39 is 6.23 Å². The van der Waals surface area contributed by atoms with Crippen molar-refractivity contribution in [2.75, 3.05) is 0 Å². The van der Waals surface area contributed by atoms with Crippen LogP contribution in [0.1, 0.15) is 30.7 Å². The maximum Gasteiger partial charge on any atom is 0.130 e. The third-order valence-electron chi connectivity index (χ3n) is 3.28. The largest absolute Gasteiger partial charge is 0.375 e. The fourth-order valence-corrected chi connectivity index (χ4v) is 2.09. The van der Waals surface area contributed by atoms with Gasteiger partial charge in [-0.3, -0.25) is 0 Å². The minimum atomic E-state index is -0.954. The molecule has 0 aromatic heterocycles. The fraction of sp³-hybridized carbons (Fsp3) is 0.235. The van der Waals surface area contributed by atoms with E-state index in [4.69, 9.17) is 5.73 Å². The van der Waals surface area contributed by atoms with E-state index in [2.05, 4.69) is 0 Å². The van der Waals surface area contributed by atoms with Crippen molar-refractivity contribution in [2.45, 2.75) is 26.0 Å². The van der Waals surface area contributed by atoms with Crippen molar-refractivity contribution >= 4 is 5.78 Å². The predicted molar refractivity (Wildman–Crippen MR) is 80.0 cm³/mol. The first-order chi connectivity index (χ1) is 9.56. The van der Waals surface area contributed by atoms with Crippen molar-refractivity contribution in [1.82, 2.24) is 0 Å². The number of aryl methyl sites for hydroxylation is 1. The second-order valence-electron chi connectivity index (χ2n) is 4.97. The summed E-state index contributed by atoms with van der Waals surface area (Å²) < 4.78 is 0. The molecule has 0 aliphatic heterocycles. The highest BCUT2D eigenvalue weighted by atomic mass is 16.3. The smallest absolute Gasteiger partial charge is 0.130 e. The number of rotatable bonds is 5. The summed E-state index contributed by atoms with van der Waals surface area (Å²) in [7, 11) is 0. The van der Waals surface area contributed by atoms with Crippen LogP contribution in [0.4, 0.5) is 0 Å². The molecule has 0 saturated heterocycles. The third kappa shape index (κ3) is 3.76. The third-order valence-corrected chi connectivity index (χ3v) is 3.28. The Bertz CT molecular complexity index is 588. The molecule has 0 amide bonds. The minimum absolute atomic E-state index is 0.207. The topological polar surface area (TPSA) is 63.3 Å². The lowest BCUT2D eigenvalue weighted by atomic mass is 10.00. The van der Waals surface area contributed by atoms with Crippen molar-refractivity contribution in [3.63, 3.8) is 0 Å². The van der Waals surface area contributed by atoms with Crippen molar-refractivity contribution in [3.8, 4) is 11.1 Å². The van der Waals surface area contributed by atoms with Gasteiger partial charge in [0.15, 0.2) is 0 Å². The van der Waals surface area contributed by atoms with E-state index in [1.165, 1.54) is 0 Å². The Morgan fingerprint density at radius 2 is 1.85 bits per heavy atom. The summed E-state index contributed by atoms with van der Waals surface area (Å²) in [6.07, 6.45) is 0.399. The first kappa shape index (κ1) is 14.4. The number of carbonyl (C=O) groups is 1. The molecular weight excluding hydrogens is 250 g/mol.